The van der Waals surface area contributed by atoms with Crippen molar-refractivity contribution < 1.29 is 4.39 Å². The zero-order valence-electron chi connectivity index (χ0n) is 12.6. The van der Waals surface area contributed by atoms with Crippen LogP contribution in [0.25, 0.3) is 10.2 Å². The zero-order valence-corrected chi connectivity index (χ0v) is 13.4. The van der Waals surface area contributed by atoms with Crippen molar-refractivity contribution in [3.05, 3.63) is 56.9 Å². The van der Waals surface area contributed by atoms with Crippen molar-refractivity contribution in [1.82, 2.24) is 9.97 Å². The third-order valence-electron chi connectivity index (χ3n) is 3.35. The SMILES string of the molecule is CC(C)c1csc2nc(NN=Cc3ccc(F)cc3)[nH]c(=O)c12. The lowest BCUT2D eigenvalue weighted by Gasteiger charge is -2.03. The molecule has 7 heteroatoms. The summed E-state index contributed by atoms with van der Waals surface area (Å²) in [6.07, 6.45) is 1.53. The van der Waals surface area contributed by atoms with Gasteiger partial charge in [-0.3, -0.25) is 9.78 Å². The molecule has 1 aromatic carbocycles. The lowest BCUT2D eigenvalue weighted by atomic mass is 10.0. The number of benzene rings is 1. The van der Waals surface area contributed by atoms with E-state index in [0.717, 1.165) is 11.1 Å². The van der Waals surface area contributed by atoms with Gasteiger partial charge in [0.05, 0.1) is 11.6 Å². The van der Waals surface area contributed by atoms with Crippen LogP contribution < -0.4 is 11.0 Å². The number of anilines is 1. The van der Waals surface area contributed by atoms with Crippen molar-refractivity contribution in [3.8, 4) is 0 Å². The van der Waals surface area contributed by atoms with Gasteiger partial charge in [-0.25, -0.2) is 14.8 Å². The first-order valence-corrected chi connectivity index (χ1v) is 7.98. The molecule has 0 saturated heterocycles. The van der Waals surface area contributed by atoms with Crippen LogP contribution in [0.4, 0.5) is 10.3 Å². The van der Waals surface area contributed by atoms with E-state index in [1.54, 1.807) is 12.1 Å². The lowest BCUT2D eigenvalue weighted by Crippen LogP contribution is -2.11. The van der Waals surface area contributed by atoms with Crippen molar-refractivity contribution in [2.45, 2.75) is 19.8 Å². The van der Waals surface area contributed by atoms with Gasteiger partial charge < -0.3 is 0 Å². The van der Waals surface area contributed by atoms with Crippen LogP contribution in [0.2, 0.25) is 0 Å². The van der Waals surface area contributed by atoms with Crippen LogP contribution in [0.3, 0.4) is 0 Å². The molecule has 0 amide bonds. The minimum Gasteiger partial charge on any atom is -0.291 e. The Kier molecular flexibility index (Phi) is 4.20. The largest absolute Gasteiger partial charge is 0.291 e. The van der Waals surface area contributed by atoms with Gasteiger partial charge in [0.15, 0.2) is 0 Å². The van der Waals surface area contributed by atoms with Crippen molar-refractivity contribution in [2.24, 2.45) is 5.10 Å². The molecule has 3 aromatic rings. The highest BCUT2D eigenvalue weighted by molar-refractivity contribution is 7.16. The summed E-state index contributed by atoms with van der Waals surface area (Å²) >= 11 is 1.44. The predicted molar refractivity (Wildman–Crippen MR) is 91.9 cm³/mol. The Bertz CT molecular complexity index is 912. The van der Waals surface area contributed by atoms with E-state index in [1.165, 1.54) is 29.7 Å². The number of halogens is 1. The van der Waals surface area contributed by atoms with Crippen LogP contribution in [0.1, 0.15) is 30.9 Å². The maximum Gasteiger partial charge on any atom is 0.261 e. The molecule has 23 heavy (non-hydrogen) atoms. The van der Waals surface area contributed by atoms with Gasteiger partial charge in [-0.05, 0) is 34.6 Å². The third-order valence-corrected chi connectivity index (χ3v) is 4.24. The predicted octanol–water partition coefficient (Wildman–Crippen LogP) is 3.69. The number of rotatable bonds is 4. The molecule has 0 bridgehead atoms. The number of nitrogens with one attached hydrogen (secondary N) is 2. The Morgan fingerprint density at radius 2 is 2.09 bits per heavy atom. The van der Waals surface area contributed by atoms with Gasteiger partial charge in [-0.15, -0.1) is 11.3 Å². The van der Waals surface area contributed by atoms with Gasteiger partial charge in [0.25, 0.3) is 5.56 Å². The Hall–Kier alpha value is -2.54. The molecule has 0 aliphatic rings. The second kappa shape index (κ2) is 6.29. The van der Waals surface area contributed by atoms with E-state index >= 15 is 0 Å². The molecule has 0 fully saturated rings. The van der Waals surface area contributed by atoms with Crippen molar-refractivity contribution >= 4 is 33.7 Å². The number of hydrogen-bond acceptors (Lipinski definition) is 5. The van der Waals surface area contributed by atoms with E-state index in [0.29, 0.717) is 10.2 Å². The van der Waals surface area contributed by atoms with Gasteiger partial charge >= 0.3 is 0 Å². The number of nitrogens with zero attached hydrogens (tertiary/aromatic N) is 2. The van der Waals surface area contributed by atoms with Crippen LogP contribution in [-0.4, -0.2) is 16.2 Å². The maximum absolute atomic E-state index is 12.8. The number of hydrazone groups is 1. The molecule has 0 spiro atoms. The minimum absolute atomic E-state index is 0.181. The zero-order chi connectivity index (χ0) is 16.4. The summed E-state index contributed by atoms with van der Waals surface area (Å²) in [6.45, 7) is 4.08. The first kappa shape index (κ1) is 15.4. The van der Waals surface area contributed by atoms with Crippen LogP contribution in [0.5, 0.6) is 0 Å². The quantitative estimate of drug-likeness (QED) is 0.566. The van der Waals surface area contributed by atoms with E-state index in [9.17, 15) is 9.18 Å². The van der Waals surface area contributed by atoms with E-state index in [1.807, 2.05) is 19.2 Å². The minimum atomic E-state index is -0.301. The summed E-state index contributed by atoms with van der Waals surface area (Å²) in [5, 5.41) is 6.60. The molecule has 3 rings (SSSR count). The number of H-pyrrole nitrogens is 1. The Balaban J connectivity index is 1.84. The second-order valence-corrected chi connectivity index (χ2v) is 6.22. The molecule has 0 atom stereocenters. The number of thiophene rings is 1. The normalized spacial score (nSPS) is 11.7. The summed E-state index contributed by atoms with van der Waals surface area (Å²) in [4.78, 5) is 20.0. The van der Waals surface area contributed by atoms with Crippen LogP contribution in [0.15, 0.2) is 39.5 Å². The standard InChI is InChI=1S/C16H15FN4OS/c1-9(2)12-8-23-15-13(12)14(22)19-16(20-15)21-18-7-10-3-5-11(17)6-4-10/h3-9H,1-2H3,(H2,19,20,21,22). The van der Waals surface area contributed by atoms with E-state index in [-0.39, 0.29) is 23.2 Å². The molecule has 0 unspecified atom stereocenters. The topological polar surface area (TPSA) is 70.1 Å². The molecular formula is C16H15FN4OS. The fourth-order valence-electron chi connectivity index (χ4n) is 2.17. The van der Waals surface area contributed by atoms with Crippen LogP contribution in [0, 0.1) is 5.82 Å². The Morgan fingerprint density at radius 1 is 1.35 bits per heavy atom. The molecule has 5 nitrogen and oxygen atoms in total. The van der Waals surface area contributed by atoms with E-state index in [2.05, 4.69) is 20.5 Å². The highest BCUT2D eigenvalue weighted by Gasteiger charge is 2.13. The molecule has 2 aromatic heterocycles. The average Bonchev–Trinajstić information content (AvgIpc) is 2.94. The number of aromatic nitrogens is 2. The summed E-state index contributed by atoms with van der Waals surface area (Å²) in [5.74, 6) is 0.241. The Morgan fingerprint density at radius 3 is 2.78 bits per heavy atom. The summed E-state index contributed by atoms with van der Waals surface area (Å²) in [6, 6.07) is 5.92. The summed E-state index contributed by atoms with van der Waals surface area (Å²) in [7, 11) is 0. The lowest BCUT2D eigenvalue weighted by molar-refractivity contribution is 0.628. The van der Waals surface area contributed by atoms with Gasteiger partial charge in [0.1, 0.15) is 10.6 Å². The summed E-state index contributed by atoms with van der Waals surface area (Å²) < 4.78 is 12.8. The van der Waals surface area contributed by atoms with Gasteiger partial charge in [0.2, 0.25) is 5.95 Å². The highest BCUT2D eigenvalue weighted by Crippen LogP contribution is 2.27. The molecule has 0 saturated carbocycles. The van der Waals surface area contributed by atoms with Gasteiger partial charge in [-0.1, -0.05) is 26.0 Å². The van der Waals surface area contributed by atoms with Gasteiger partial charge in [-0.2, -0.15) is 5.10 Å². The monoisotopic (exact) mass is 330 g/mol. The number of aromatic amines is 1. The average molecular weight is 330 g/mol. The van der Waals surface area contributed by atoms with E-state index in [4.69, 9.17) is 0 Å². The number of fused-ring (bicyclic) bond motifs is 1. The third kappa shape index (κ3) is 3.29. The molecule has 0 radical (unpaired) electrons. The Labute approximate surface area is 135 Å². The van der Waals surface area contributed by atoms with Crippen molar-refractivity contribution in [1.29, 1.82) is 0 Å². The fraction of sp³-hybridized carbons (Fsp3) is 0.188. The molecule has 0 aliphatic carbocycles. The second-order valence-electron chi connectivity index (χ2n) is 5.36. The maximum atomic E-state index is 12.8. The van der Waals surface area contributed by atoms with E-state index < -0.39 is 0 Å². The van der Waals surface area contributed by atoms with Gasteiger partial charge in [0, 0.05) is 0 Å². The molecule has 2 N–H and O–H groups in total. The molecule has 2 heterocycles. The number of hydrogen-bond donors (Lipinski definition) is 2. The molecule has 0 aliphatic heterocycles. The molecule has 118 valence electrons. The highest BCUT2D eigenvalue weighted by atomic mass is 32.1. The van der Waals surface area contributed by atoms with Crippen LogP contribution >= 0.6 is 11.3 Å². The van der Waals surface area contributed by atoms with Crippen molar-refractivity contribution in [3.63, 3.8) is 0 Å². The first-order valence-electron chi connectivity index (χ1n) is 7.10. The fourth-order valence-corrected chi connectivity index (χ4v) is 3.27. The van der Waals surface area contributed by atoms with Crippen LogP contribution in [-0.2, 0) is 0 Å². The smallest absolute Gasteiger partial charge is 0.261 e. The first-order chi connectivity index (χ1) is 11.0. The van der Waals surface area contributed by atoms with Crippen molar-refractivity contribution in [2.75, 3.05) is 5.43 Å². The summed E-state index contributed by atoms with van der Waals surface area (Å²) in [5.41, 5.74) is 4.25. The molecular weight excluding hydrogens is 315 g/mol.